The zero-order chi connectivity index (χ0) is 18.4. The van der Waals surface area contributed by atoms with Crippen molar-refractivity contribution in [3.05, 3.63) is 57.6 Å². The van der Waals surface area contributed by atoms with Gasteiger partial charge in [-0.1, -0.05) is 12.1 Å². The number of hydrazone groups is 1. The number of carbonyl (C=O) groups is 1. The van der Waals surface area contributed by atoms with Crippen molar-refractivity contribution in [2.75, 3.05) is 12.0 Å². The van der Waals surface area contributed by atoms with Crippen LogP contribution in [0.4, 0.5) is 11.4 Å². The standard InChI is InChI=1S/C16H15N3O6/c1-2-25-14-8-10(7-13(15(14)20)19(23)24)9-17-18-12-6-4-3-5-11(12)16(21)22/h3-9,18,20H,2H2,1H3,(H,21,22)/b17-9+. The molecule has 0 fully saturated rings. The highest BCUT2D eigenvalue weighted by Crippen LogP contribution is 2.36. The Kier molecular flexibility index (Phi) is 5.51. The molecule has 0 spiro atoms. The number of para-hydroxylation sites is 1. The third-order valence-electron chi connectivity index (χ3n) is 3.13. The van der Waals surface area contributed by atoms with E-state index in [1.165, 1.54) is 24.4 Å². The van der Waals surface area contributed by atoms with Crippen molar-refractivity contribution in [2.45, 2.75) is 6.92 Å². The molecule has 0 aliphatic rings. The SMILES string of the molecule is CCOc1cc(/C=N/Nc2ccccc2C(=O)O)cc([N+](=O)[O-])c1O. The van der Waals surface area contributed by atoms with E-state index in [0.717, 1.165) is 6.07 Å². The van der Waals surface area contributed by atoms with E-state index in [9.17, 15) is 20.0 Å². The first-order valence-electron chi connectivity index (χ1n) is 7.19. The van der Waals surface area contributed by atoms with E-state index in [4.69, 9.17) is 9.84 Å². The maximum atomic E-state index is 11.1. The molecule has 0 bridgehead atoms. The summed E-state index contributed by atoms with van der Waals surface area (Å²) in [5.41, 5.74) is 2.66. The van der Waals surface area contributed by atoms with Crippen LogP contribution in [0.2, 0.25) is 0 Å². The van der Waals surface area contributed by atoms with Gasteiger partial charge >= 0.3 is 11.7 Å². The van der Waals surface area contributed by atoms with Gasteiger partial charge in [0.25, 0.3) is 0 Å². The number of nitro groups is 1. The summed E-state index contributed by atoms with van der Waals surface area (Å²) >= 11 is 0. The Labute approximate surface area is 142 Å². The molecule has 0 amide bonds. The van der Waals surface area contributed by atoms with Crippen LogP contribution in [0.3, 0.4) is 0 Å². The monoisotopic (exact) mass is 345 g/mol. The molecule has 0 heterocycles. The highest BCUT2D eigenvalue weighted by molar-refractivity contribution is 5.94. The number of aromatic hydroxyl groups is 1. The zero-order valence-corrected chi connectivity index (χ0v) is 13.2. The first kappa shape index (κ1) is 17.7. The number of carboxylic acid groups (broad SMARTS) is 1. The number of nitrogens with one attached hydrogen (secondary N) is 1. The largest absolute Gasteiger partial charge is 0.500 e. The van der Waals surface area contributed by atoms with Crippen molar-refractivity contribution in [2.24, 2.45) is 5.10 Å². The second-order valence-electron chi connectivity index (χ2n) is 4.80. The normalized spacial score (nSPS) is 10.6. The fourth-order valence-electron chi connectivity index (χ4n) is 2.04. The summed E-state index contributed by atoms with van der Waals surface area (Å²) in [4.78, 5) is 21.4. The van der Waals surface area contributed by atoms with Crippen LogP contribution in [0.1, 0.15) is 22.8 Å². The maximum absolute atomic E-state index is 11.1. The number of phenolic OH excluding ortho intramolecular Hbond substituents is 1. The summed E-state index contributed by atoms with van der Waals surface area (Å²) in [6, 6.07) is 8.69. The van der Waals surface area contributed by atoms with Gasteiger partial charge in [-0.2, -0.15) is 5.10 Å². The summed E-state index contributed by atoms with van der Waals surface area (Å²) in [5, 5.41) is 33.8. The van der Waals surface area contributed by atoms with Crippen LogP contribution in [0.15, 0.2) is 41.5 Å². The van der Waals surface area contributed by atoms with E-state index in [2.05, 4.69) is 10.5 Å². The molecule has 0 saturated heterocycles. The van der Waals surface area contributed by atoms with Gasteiger partial charge in [0.1, 0.15) is 0 Å². The lowest BCUT2D eigenvalue weighted by molar-refractivity contribution is -0.386. The van der Waals surface area contributed by atoms with Gasteiger partial charge < -0.3 is 14.9 Å². The van der Waals surface area contributed by atoms with Crippen LogP contribution in [0, 0.1) is 10.1 Å². The van der Waals surface area contributed by atoms with Crippen LogP contribution >= 0.6 is 0 Å². The van der Waals surface area contributed by atoms with Gasteiger partial charge in [0, 0.05) is 11.6 Å². The number of nitrogens with zero attached hydrogens (tertiary/aromatic N) is 2. The number of benzene rings is 2. The Hall–Kier alpha value is -3.62. The zero-order valence-electron chi connectivity index (χ0n) is 13.2. The number of hydrogen-bond donors (Lipinski definition) is 3. The Morgan fingerprint density at radius 2 is 2.12 bits per heavy atom. The smallest absolute Gasteiger partial charge is 0.337 e. The topological polar surface area (TPSA) is 134 Å². The number of carboxylic acids is 1. The molecule has 0 saturated carbocycles. The van der Waals surface area contributed by atoms with Gasteiger partial charge in [-0.05, 0) is 25.1 Å². The minimum absolute atomic E-state index is 0.0337. The number of ether oxygens (including phenoxy) is 1. The van der Waals surface area contributed by atoms with Gasteiger partial charge in [-0.15, -0.1) is 0 Å². The molecule has 130 valence electrons. The lowest BCUT2D eigenvalue weighted by Gasteiger charge is -2.07. The number of hydrogen-bond acceptors (Lipinski definition) is 7. The van der Waals surface area contributed by atoms with Crippen molar-refractivity contribution in [1.29, 1.82) is 0 Å². The van der Waals surface area contributed by atoms with E-state index < -0.39 is 22.3 Å². The highest BCUT2D eigenvalue weighted by atomic mass is 16.6. The molecule has 2 rings (SSSR count). The quantitative estimate of drug-likeness (QED) is 0.399. The highest BCUT2D eigenvalue weighted by Gasteiger charge is 2.19. The Morgan fingerprint density at radius 3 is 2.76 bits per heavy atom. The number of anilines is 1. The minimum atomic E-state index is -1.11. The molecule has 3 N–H and O–H groups in total. The van der Waals surface area contributed by atoms with Crippen LogP contribution in [0.5, 0.6) is 11.5 Å². The lowest BCUT2D eigenvalue weighted by Crippen LogP contribution is -2.02. The molecule has 0 aromatic heterocycles. The first-order valence-corrected chi connectivity index (χ1v) is 7.19. The predicted octanol–water partition coefficient (Wildman–Crippen LogP) is 2.84. The predicted molar refractivity (Wildman–Crippen MR) is 90.5 cm³/mol. The molecule has 0 aliphatic heterocycles. The molecule has 0 radical (unpaired) electrons. The van der Waals surface area contributed by atoms with Gasteiger partial charge in [0.05, 0.1) is 29.0 Å². The summed E-state index contributed by atoms with van der Waals surface area (Å²) in [7, 11) is 0. The van der Waals surface area contributed by atoms with E-state index in [0.29, 0.717) is 5.56 Å². The Bertz CT molecular complexity index is 835. The van der Waals surface area contributed by atoms with E-state index >= 15 is 0 Å². The number of rotatable bonds is 7. The third-order valence-corrected chi connectivity index (χ3v) is 3.13. The van der Waals surface area contributed by atoms with Crippen LogP contribution < -0.4 is 10.2 Å². The van der Waals surface area contributed by atoms with Gasteiger partial charge in [0.15, 0.2) is 5.75 Å². The molecule has 9 heteroatoms. The fraction of sp³-hybridized carbons (Fsp3) is 0.125. The van der Waals surface area contributed by atoms with Gasteiger partial charge in [0.2, 0.25) is 5.75 Å². The van der Waals surface area contributed by atoms with Crippen molar-refractivity contribution in [3.8, 4) is 11.5 Å². The molecule has 2 aromatic carbocycles. The van der Waals surface area contributed by atoms with Crippen molar-refractivity contribution >= 4 is 23.6 Å². The number of nitro benzene ring substituents is 1. The molecule has 2 aromatic rings. The molecule has 0 unspecified atom stereocenters. The van der Waals surface area contributed by atoms with Gasteiger partial charge in [-0.3, -0.25) is 15.5 Å². The van der Waals surface area contributed by atoms with E-state index in [-0.39, 0.29) is 23.6 Å². The van der Waals surface area contributed by atoms with E-state index in [1.807, 2.05) is 0 Å². The average Bonchev–Trinajstić information content (AvgIpc) is 2.57. The van der Waals surface area contributed by atoms with Crippen molar-refractivity contribution < 1.29 is 24.7 Å². The van der Waals surface area contributed by atoms with E-state index in [1.54, 1.807) is 19.1 Å². The molecule has 0 aliphatic carbocycles. The molecular formula is C16H15N3O6. The fourth-order valence-corrected chi connectivity index (χ4v) is 2.04. The Morgan fingerprint density at radius 1 is 1.40 bits per heavy atom. The third kappa shape index (κ3) is 4.22. The molecule has 9 nitrogen and oxygen atoms in total. The second kappa shape index (κ2) is 7.77. The number of phenols is 1. The minimum Gasteiger partial charge on any atom is -0.500 e. The van der Waals surface area contributed by atoms with Crippen LogP contribution in [-0.4, -0.2) is 33.9 Å². The average molecular weight is 345 g/mol. The molecular weight excluding hydrogens is 330 g/mol. The summed E-state index contributed by atoms with van der Waals surface area (Å²) in [6.07, 6.45) is 1.26. The number of aromatic carboxylic acids is 1. The van der Waals surface area contributed by atoms with Crippen molar-refractivity contribution in [3.63, 3.8) is 0 Å². The Balaban J connectivity index is 2.29. The maximum Gasteiger partial charge on any atom is 0.337 e. The van der Waals surface area contributed by atoms with Crippen LogP contribution in [-0.2, 0) is 0 Å². The second-order valence-corrected chi connectivity index (χ2v) is 4.80. The van der Waals surface area contributed by atoms with Crippen LogP contribution in [0.25, 0.3) is 0 Å². The molecule has 25 heavy (non-hydrogen) atoms. The molecule has 0 atom stereocenters. The summed E-state index contributed by atoms with van der Waals surface area (Å²) < 4.78 is 5.17. The summed E-state index contributed by atoms with van der Waals surface area (Å²) in [6.45, 7) is 1.89. The van der Waals surface area contributed by atoms with Gasteiger partial charge in [-0.25, -0.2) is 4.79 Å². The lowest BCUT2D eigenvalue weighted by atomic mass is 10.2. The first-order chi connectivity index (χ1) is 11.9. The van der Waals surface area contributed by atoms with Crippen molar-refractivity contribution in [1.82, 2.24) is 0 Å². The summed E-state index contributed by atoms with van der Waals surface area (Å²) in [5.74, 6) is -1.71.